The van der Waals surface area contributed by atoms with Crippen molar-refractivity contribution in [3.05, 3.63) is 56.7 Å². The van der Waals surface area contributed by atoms with Crippen LogP contribution in [0, 0.1) is 0 Å². The van der Waals surface area contributed by atoms with Gasteiger partial charge in [-0.2, -0.15) is 13.2 Å². The van der Waals surface area contributed by atoms with Gasteiger partial charge in [-0.25, -0.2) is 8.42 Å². The highest BCUT2D eigenvalue weighted by molar-refractivity contribution is 7.92. The number of nitrogens with one attached hydrogen (secondary N) is 1. The van der Waals surface area contributed by atoms with Crippen LogP contribution in [0.5, 0.6) is 0 Å². The van der Waals surface area contributed by atoms with Crippen LogP contribution in [0.1, 0.15) is 19.4 Å². The smallest absolute Gasteiger partial charge is 0.324 e. The van der Waals surface area contributed by atoms with Crippen LogP contribution in [0.15, 0.2) is 41.2 Å². The SMILES string of the molecule is CCn1c(=O)sc2cc(NC(=O)[C@H](C)N(c3ccc(Cl)c(C(F)(F)F)c3)S(C)(=O)=O)ccc21. The van der Waals surface area contributed by atoms with Crippen molar-refractivity contribution in [2.45, 2.75) is 32.6 Å². The summed E-state index contributed by atoms with van der Waals surface area (Å²) in [6.07, 6.45) is -4.02. The Morgan fingerprint density at radius 2 is 1.91 bits per heavy atom. The molecule has 1 aromatic heterocycles. The molecule has 0 bridgehead atoms. The normalized spacial score (nSPS) is 13.2. The number of hydrogen-bond donors (Lipinski definition) is 1. The monoisotopic (exact) mass is 521 g/mol. The summed E-state index contributed by atoms with van der Waals surface area (Å²) in [5.74, 6) is -0.773. The molecule has 3 aromatic rings. The van der Waals surface area contributed by atoms with E-state index in [1.807, 2.05) is 6.92 Å². The Hall–Kier alpha value is -2.57. The number of halogens is 4. The van der Waals surface area contributed by atoms with Gasteiger partial charge in [0, 0.05) is 12.2 Å². The molecule has 0 aliphatic carbocycles. The van der Waals surface area contributed by atoms with Crippen LogP contribution in [0.25, 0.3) is 10.2 Å². The molecule has 0 spiro atoms. The van der Waals surface area contributed by atoms with Crippen molar-refractivity contribution in [1.82, 2.24) is 4.57 Å². The Morgan fingerprint density at radius 3 is 2.48 bits per heavy atom. The molecule has 0 radical (unpaired) electrons. The van der Waals surface area contributed by atoms with E-state index in [4.69, 9.17) is 11.6 Å². The van der Waals surface area contributed by atoms with Crippen molar-refractivity contribution in [1.29, 1.82) is 0 Å². The van der Waals surface area contributed by atoms with Crippen molar-refractivity contribution < 1.29 is 26.4 Å². The largest absolute Gasteiger partial charge is 0.417 e. The minimum absolute atomic E-state index is 0.157. The number of aryl methyl sites for hydroxylation is 1. The van der Waals surface area contributed by atoms with Gasteiger partial charge in [-0.3, -0.25) is 18.5 Å². The molecule has 1 atom stereocenters. The summed E-state index contributed by atoms with van der Waals surface area (Å²) in [5.41, 5.74) is -0.573. The molecule has 0 aliphatic rings. The number of aromatic nitrogens is 1. The lowest BCUT2D eigenvalue weighted by Gasteiger charge is -2.29. The van der Waals surface area contributed by atoms with Crippen LogP contribution in [0.4, 0.5) is 24.5 Å². The average molecular weight is 522 g/mol. The lowest BCUT2D eigenvalue weighted by atomic mass is 10.1. The fourth-order valence-electron chi connectivity index (χ4n) is 3.37. The first-order valence-corrected chi connectivity index (χ1v) is 12.6. The average Bonchev–Trinajstić information content (AvgIpc) is 3.01. The molecule has 0 unspecified atom stereocenters. The number of alkyl halides is 3. The zero-order chi connectivity index (χ0) is 24.7. The maximum atomic E-state index is 13.3. The highest BCUT2D eigenvalue weighted by atomic mass is 35.5. The molecule has 3 rings (SSSR count). The molecule has 13 heteroatoms. The minimum Gasteiger partial charge on any atom is -0.324 e. The summed E-state index contributed by atoms with van der Waals surface area (Å²) in [4.78, 5) is 24.7. The third-order valence-corrected chi connectivity index (χ3v) is 7.36. The van der Waals surface area contributed by atoms with E-state index in [0.29, 0.717) is 32.8 Å². The Bertz CT molecular complexity index is 1380. The van der Waals surface area contributed by atoms with Crippen molar-refractivity contribution >= 4 is 60.5 Å². The maximum absolute atomic E-state index is 13.3. The first-order valence-electron chi connectivity index (χ1n) is 9.54. The lowest BCUT2D eigenvalue weighted by Crippen LogP contribution is -2.45. The number of sulfonamides is 1. The second-order valence-corrected chi connectivity index (χ2v) is 10.4. The van der Waals surface area contributed by atoms with E-state index in [1.54, 1.807) is 22.8 Å². The lowest BCUT2D eigenvalue weighted by molar-refractivity contribution is -0.137. The fourth-order valence-corrected chi connectivity index (χ4v) is 5.75. The Labute approximate surface area is 196 Å². The molecule has 1 amide bonds. The number of amides is 1. The second kappa shape index (κ2) is 8.99. The Kier molecular flexibility index (Phi) is 6.83. The molecule has 1 heterocycles. The maximum Gasteiger partial charge on any atom is 0.417 e. The highest BCUT2D eigenvalue weighted by Crippen LogP contribution is 2.38. The number of benzene rings is 2. The van der Waals surface area contributed by atoms with E-state index in [9.17, 15) is 31.2 Å². The predicted octanol–water partition coefficient (Wildman–Crippen LogP) is 4.55. The zero-order valence-electron chi connectivity index (χ0n) is 17.6. The van der Waals surface area contributed by atoms with Gasteiger partial charge >= 0.3 is 11.0 Å². The number of carbonyl (C=O) groups is 1. The first-order chi connectivity index (χ1) is 15.2. The summed E-state index contributed by atoms with van der Waals surface area (Å²) in [6.45, 7) is 3.56. The number of carbonyl (C=O) groups excluding carboxylic acids is 1. The number of rotatable bonds is 6. The van der Waals surface area contributed by atoms with E-state index >= 15 is 0 Å². The quantitative estimate of drug-likeness (QED) is 0.515. The number of thiazole rings is 1. The topological polar surface area (TPSA) is 88.5 Å². The summed E-state index contributed by atoms with van der Waals surface area (Å²) in [5, 5.41) is 1.97. The van der Waals surface area contributed by atoms with Gasteiger partial charge in [-0.15, -0.1) is 0 Å². The fraction of sp³-hybridized carbons (Fsp3) is 0.300. The number of fused-ring (bicyclic) bond motifs is 1. The second-order valence-electron chi connectivity index (χ2n) is 7.18. The van der Waals surface area contributed by atoms with Crippen molar-refractivity contribution in [3.8, 4) is 0 Å². The van der Waals surface area contributed by atoms with E-state index in [0.717, 1.165) is 29.7 Å². The van der Waals surface area contributed by atoms with Crippen molar-refractivity contribution in [3.63, 3.8) is 0 Å². The molecule has 0 fully saturated rings. The first kappa shape index (κ1) is 25.1. The van der Waals surface area contributed by atoms with Gasteiger partial charge in [0.1, 0.15) is 6.04 Å². The van der Waals surface area contributed by atoms with Crippen LogP contribution in [0.2, 0.25) is 5.02 Å². The van der Waals surface area contributed by atoms with Gasteiger partial charge in [0.2, 0.25) is 15.9 Å². The molecule has 0 saturated heterocycles. The van der Waals surface area contributed by atoms with Crippen molar-refractivity contribution in [2.24, 2.45) is 0 Å². The zero-order valence-corrected chi connectivity index (χ0v) is 20.0. The van der Waals surface area contributed by atoms with Crippen molar-refractivity contribution in [2.75, 3.05) is 15.9 Å². The molecular weight excluding hydrogens is 503 g/mol. The van der Waals surface area contributed by atoms with Gasteiger partial charge in [-0.05, 0) is 50.2 Å². The number of hydrogen-bond acceptors (Lipinski definition) is 5. The van der Waals surface area contributed by atoms with E-state index < -0.39 is 38.7 Å². The molecule has 1 N–H and O–H groups in total. The molecule has 2 aromatic carbocycles. The van der Waals surface area contributed by atoms with Crippen LogP contribution in [-0.4, -0.2) is 31.2 Å². The van der Waals surface area contributed by atoms with Gasteiger partial charge < -0.3 is 5.32 Å². The molecule has 0 aliphatic heterocycles. The van der Waals surface area contributed by atoms with E-state index in [1.165, 1.54) is 6.92 Å². The molecular formula is C20H19ClF3N3O4S2. The van der Waals surface area contributed by atoms with Crippen LogP contribution < -0.4 is 14.5 Å². The Balaban J connectivity index is 1.95. The molecule has 178 valence electrons. The van der Waals surface area contributed by atoms with Gasteiger partial charge in [-0.1, -0.05) is 22.9 Å². The van der Waals surface area contributed by atoms with Gasteiger partial charge in [0.25, 0.3) is 0 Å². The van der Waals surface area contributed by atoms with Gasteiger partial charge in [0.15, 0.2) is 0 Å². The minimum atomic E-state index is -4.81. The summed E-state index contributed by atoms with van der Waals surface area (Å²) in [7, 11) is -4.15. The van der Waals surface area contributed by atoms with Crippen LogP contribution in [0.3, 0.4) is 0 Å². The van der Waals surface area contributed by atoms with Crippen LogP contribution >= 0.6 is 22.9 Å². The third kappa shape index (κ3) is 5.17. The third-order valence-electron chi connectivity index (χ3n) is 4.85. The number of anilines is 2. The Morgan fingerprint density at radius 1 is 1.24 bits per heavy atom. The summed E-state index contributed by atoms with van der Waals surface area (Å²) < 4.78 is 67.4. The number of nitrogens with zero attached hydrogens (tertiary/aromatic N) is 2. The summed E-state index contributed by atoms with van der Waals surface area (Å²) in [6, 6.07) is 6.00. The standard InChI is InChI=1S/C20H19ClF3N3O4S2/c1-4-26-16-8-5-12(9-17(16)32-19(26)29)25-18(28)11(2)27(33(3,30)31)13-6-7-15(21)14(10-13)20(22,23)24/h5-11H,4H2,1-3H3,(H,25,28)/t11-/m0/s1. The summed E-state index contributed by atoms with van der Waals surface area (Å²) >= 11 is 6.63. The van der Waals surface area contributed by atoms with Gasteiger partial charge in [0.05, 0.1) is 32.7 Å². The molecule has 0 saturated carbocycles. The molecule has 33 heavy (non-hydrogen) atoms. The predicted molar refractivity (Wildman–Crippen MR) is 124 cm³/mol. The van der Waals surface area contributed by atoms with Crippen LogP contribution in [-0.2, 0) is 27.5 Å². The highest BCUT2D eigenvalue weighted by Gasteiger charge is 2.36. The molecule has 7 nitrogen and oxygen atoms in total. The van der Waals surface area contributed by atoms with E-state index in [-0.39, 0.29) is 10.6 Å². The van der Waals surface area contributed by atoms with E-state index in [2.05, 4.69) is 5.32 Å².